The first-order valence-corrected chi connectivity index (χ1v) is 7.10. The molecule has 20 heavy (non-hydrogen) atoms. The number of nitrogen functional groups attached to an aromatic ring is 1. The standard InChI is InChI=1S/C14H17N3O2S/c1-10-11(8-13(20-10)14(18)17-15)9-19-7-5-12-4-2-3-6-16-12/h2-4,6,8H,5,7,9,15H2,1H3,(H,17,18). The number of pyridine rings is 1. The van der Waals surface area contributed by atoms with Crippen molar-refractivity contribution in [1.82, 2.24) is 10.4 Å². The molecular weight excluding hydrogens is 274 g/mol. The second-order valence-electron chi connectivity index (χ2n) is 4.29. The number of amides is 1. The van der Waals surface area contributed by atoms with Crippen molar-refractivity contribution in [1.29, 1.82) is 0 Å². The molecule has 0 saturated heterocycles. The molecule has 0 bridgehead atoms. The van der Waals surface area contributed by atoms with Gasteiger partial charge in [0, 0.05) is 23.2 Å². The summed E-state index contributed by atoms with van der Waals surface area (Å²) in [7, 11) is 0. The molecule has 2 aromatic rings. The van der Waals surface area contributed by atoms with Crippen LogP contribution in [-0.2, 0) is 17.8 Å². The maximum atomic E-state index is 11.4. The van der Waals surface area contributed by atoms with Gasteiger partial charge in [0.1, 0.15) is 0 Å². The number of aryl methyl sites for hydroxylation is 1. The van der Waals surface area contributed by atoms with Gasteiger partial charge in [0.15, 0.2) is 0 Å². The van der Waals surface area contributed by atoms with Gasteiger partial charge in [-0.2, -0.15) is 0 Å². The Morgan fingerprint density at radius 1 is 1.50 bits per heavy atom. The van der Waals surface area contributed by atoms with Crippen LogP contribution in [0.25, 0.3) is 0 Å². The third-order valence-electron chi connectivity index (χ3n) is 2.86. The summed E-state index contributed by atoms with van der Waals surface area (Å²) in [6.45, 7) is 3.06. The van der Waals surface area contributed by atoms with E-state index in [-0.39, 0.29) is 5.91 Å². The van der Waals surface area contributed by atoms with E-state index in [0.29, 0.717) is 18.1 Å². The highest BCUT2D eigenvalue weighted by Gasteiger charge is 2.11. The molecule has 0 aliphatic carbocycles. The third-order valence-corrected chi connectivity index (χ3v) is 3.95. The SMILES string of the molecule is Cc1sc(C(=O)NN)cc1COCCc1ccccn1. The molecule has 0 fully saturated rings. The summed E-state index contributed by atoms with van der Waals surface area (Å²) in [6, 6.07) is 7.65. The molecular formula is C14H17N3O2S. The molecule has 0 aromatic carbocycles. The Balaban J connectivity index is 1.82. The summed E-state index contributed by atoms with van der Waals surface area (Å²) < 4.78 is 5.63. The topological polar surface area (TPSA) is 77.2 Å². The fraction of sp³-hybridized carbons (Fsp3) is 0.286. The number of rotatable bonds is 6. The zero-order valence-corrected chi connectivity index (χ0v) is 12.1. The van der Waals surface area contributed by atoms with Crippen molar-refractivity contribution in [2.45, 2.75) is 20.0 Å². The number of ether oxygens (including phenoxy) is 1. The highest BCUT2D eigenvalue weighted by atomic mass is 32.1. The largest absolute Gasteiger partial charge is 0.376 e. The van der Waals surface area contributed by atoms with E-state index in [0.717, 1.165) is 22.6 Å². The molecule has 0 aliphatic rings. The van der Waals surface area contributed by atoms with E-state index < -0.39 is 0 Å². The maximum Gasteiger partial charge on any atom is 0.275 e. The van der Waals surface area contributed by atoms with Crippen LogP contribution in [0.3, 0.4) is 0 Å². The molecule has 2 heterocycles. The summed E-state index contributed by atoms with van der Waals surface area (Å²) in [5.41, 5.74) is 4.17. The summed E-state index contributed by atoms with van der Waals surface area (Å²) in [4.78, 5) is 17.3. The van der Waals surface area contributed by atoms with Gasteiger partial charge in [-0.15, -0.1) is 11.3 Å². The minimum absolute atomic E-state index is 0.266. The number of hydrogen-bond acceptors (Lipinski definition) is 5. The summed E-state index contributed by atoms with van der Waals surface area (Å²) in [6.07, 6.45) is 2.55. The van der Waals surface area contributed by atoms with Gasteiger partial charge in [0.25, 0.3) is 5.91 Å². The quantitative estimate of drug-likeness (QED) is 0.368. The van der Waals surface area contributed by atoms with Crippen molar-refractivity contribution in [3.05, 3.63) is 51.5 Å². The first-order valence-electron chi connectivity index (χ1n) is 6.28. The average Bonchev–Trinajstić information content (AvgIpc) is 2.85. The van der Waals surface area contributed by atoms with Gasteiger partial charge in [-0.1, -0.05) is 6.07 Å². The lowest BCUT2D eigenvalue weighted by molar-refractivity contribution is 0.0957. The van der Waals surface area contributed by atoms with E-state index in [1.54, 1.807) is 6.20 Å². The van der Waals surface area contributed by atoms with Gasteiger partial charge in [0.2, 0.25) is 0 Å². The van der Waals surface area contributed by atoms with E-state index >= 15 is 0 Å². The summed E-state index contributed by atoms with van der Waals surface area (Å²) >= 11 is 1.42. The van der Waals surface area contributed by atoms with Crippen LogP contribution >= 0.6 is 11.3 Å². The van der Waals surface area contributed by atoms with Crippen molar-refractivity contribution < 1.29 is 9.53 Å². The Hall–Kier alpha value is -1.76. The van der Waals surface area contributed by atoms with Crippen molar-refractivity contribution in [3.63, 3.8) is 0 Å². The molecule has 2 rings (SSSR count). The number of aromatic nitrogens is 1. The zero-order chi connectivity index (χ0) is 14.4. The van der Waals surface area contributed by atoms with E-state index in [1.165, 1.54) is 11.3 Å². The monoisotopic (exact) mass is 291 g/mol. The maximum absolute atomic E-state index is 11.4. The average molecular weight is 291 g/mol. The molecule has 0 unspecified atom stereocenters. The second-order valence-corrected chi connectivity index (χ2v) is 5.55. The smallest absolute Gasteiger partial charge is 0.275 e. The molecule has 0 spiro atoms. The minimum Gasteiger partial charge on any atom is -0.376 e. The first-order chi connectivity index (χ1) is 9.70. The number of carbonyl (C=O) groups excluding carboxylic acids is 1. The number of hydrazine groups is 1. The normalized spacial score (nSPS) is 10.5. The Morgan fingerprint density at radius 2 is 2.35 bits per heavy atom. The molecule has 3 N–H and O–H groups in total. The molecule has 5 nitrogen and oxygen atoms in total. The number of nitrogens with two attached hydrogens (primary N) is 1. The van der Waals surface area contributed by atoms with Gasteiger partial charge >= 0.3 is 0 Å². The van der Waals surface area contributed by atoms with Gasteiger partial charge in [-0.05, 0) is 30.7 Å². The van der Waals surface area contributed by atoms with Crippen molar-refractivity contribution in [2.24, 2.45) is 5.84 Å². The Kier molecular flexibility index (Phi) is 5.23. The van der Waals surface area contributed by atoms with Crippen LogP contribution in [0, 0.1) is 6.92 Å². The number of hydrogen-bond donors (Lipinski definition) is 2. The van der Waals surface area contributed by atoms with Crippen molar-refractivity contribution in [2.75, 3.05) is 6.61 Å². The number of nitrogens with zero attached hydrogens (tertiary/aromatic N) is 1. The minimum atomic E-state index is -0.266. The zero-order valence-electron chi connectivity index (χ0n) is 11.3. The highest BCUT2D eigenvalue weighted by Crippen LogP contribution is 2.22. The Labute approximate surface area is 121 Å². The van der Waals surface area contributed by atoms with Gasteiger partial charge in [0.05, 0.1) is 18.1 Å². The van der Waals surface area contributed by atoms with Crippen LogP contribution < -0.4 is 11.3 Å². The predicted octanol–water partition coefficient (Wildman–Crippen LogP) is 1.81. The molecule has 0 atom stereocenters. The predicted molar refractivity (Wildman–Crippen MR) is 78.3 cm³/mol. The number of thiophene rings is 1. The molecule has 106 valence electrons. The Bertz CT molecular complexity index is 569. The third kappa shape index (κ3) is 3.86. The lowest BCUT2D eigenvalue weighted by Crippen LogP contribution is -2.29. The van der Waals surface area contributed by atoms with Gasteiger partial charge in [-0.3, -0.25) is 15.2 Å². The van der Waals surface area contributed by atoms with Crippen LogP contribution in [0.5, 0.6) is 0 Å². The van der Waals surface area contributed by atoms with E-state index in [9.17, 15) is 4.79 Å². The van der Waals surface area contributed by atoms with Crippen molar-refractivity contribution >= 4 is 17.2 Å². The fourth-order valence-electron chi connectivity index (χ4n) is 1.75. The number of carbonyl (C=O) groups is 1. The summed E-state index contributed by atoms with van der Waals surface area (Å²) in [5, 5.41) is 0. The van der Waals surface area contributed by atoms with Gasteiger partial charge in [-0.25, -0.2) is 5.84 Å². The van der Waals surface area contributed by atoms with Crippen LogP contribution in [0.1, 0.15) is 25.8 Å². The Morgan fingerprint density at radius 3 is 3.05 bits per heavy atom. The molecule has 0 aliphatic heterocycles. The summed E-state index contributed by atoms with van der Waals surface area (Å²) in [5.74, 6) is 4.85. The van der Waals surface area contributed by atoms with Crippen LogP contribution in [0.2, 0.25) is 0 Å². The van der Waals surface area contributed by atoms with Crippen LogP contribution in [0.15, 0.2) is 30.5 Å². The van der Waals surface area contributed by atoms with E-state index in [2.05, 4.69) is 10.4 Å². The molecule has 1 amide bonds. The first kappa shape index (κ1) is 14.6. The highest BCUT2D eigenvalue weighted by molar-refractivity contribution is 7.14. The van der Waals surface area contributed by atoms with E-state index in [4.69, 9.17) is 10.6 Å². The van der Waals surface area contributed by atoms with Crippen LogP contribution in [-0.4, -0.2) is 17.5 Å². The second kappa shape index (κ2) is 7.14. The molecule has 0 radical (unpaired) electrons. The number of nitrogens with one attached hydrogen (secondary N) is 1. The van der Waals surface area contributed by atoms with Crippen molar-refractivity contribution in [3.8, 4) is 0 Å². The van der Waals surface area contributed by atoms with Crippen LogP contribution in [0.4, 0.5) is 0 Å². The molecule has 0 saturated carbocycles. The lowest BCUT2D eigenvalue weighted by Gasteiger charge is -2.03. The van der Waals surface area contributed by atoms with Gasteiger partial charge < -0.3 is 4.74 Å². The molecule has 6 heteroatoms. The fourth-order valence-corrected chi connectivity index (χ4v) is 2.68. The lowest BCUT2D eigenvalue weighted by atomic mass is 10.2. The molecule has 2 aromatic heterocycles. The van der Waals surface area contributed by atoms with E-state index in [1.807, 2.05) is 31.2 Å².